The smallest absolute Gasteiger partial charge is 0.319 e. The number of hydrogen-bond acceptors (Lipinski definition) is 3. The van der Waals surface area contributed by atoms with E-state index in [1.165, 1.54) is 6.92 Å². The van der Waals surface area contributed by atoms with Crippen LogP contribution >= 0.6 is 0 Å². The summed E-state index contributed by atoms with van der Waals surface area (Å²) in [7, 11) is 0. The van der Waals surface area contributed by atoms with Crippen LogP contribution < -0.4 is 16.0 Å². The molecule has 0 radical (unpaired) electrons. The highest BCUT2D eigenvalue weighted by Crippen LogP contribution is 2.20. The number of nitrogens with zero attached hydrogens (tertiary/aromatic N) is 2. The first-order chi connectivity index (χ1) is 13.9. The number of urea groups is 1. The van der Waals surface area contributed by atoms with Gasteiger partial charge in [-0.25, -0.2) is 9.78 Å². The Morgan fingerprint density at radius 2 is 1.83 bits per heavy atom. The van der Waals surface area contributed by atoms with E-state index in [4.69, 9.17) is 0 Å². The molecule has 7 nitrogen and oxygen atoms in total. The maximum absolute atomic E-state index is 12.3. The van der Waals surface area contributed by atoms with Crippen molar-refractivity contribution in [3.8, 4) is 0 Å². The molecule has 29 heavy (non-hydrogen) atoms. The lowest BCUT2D eigenvalue weighted by Gasteiger charge is -2.12. The van der Waals surface area contributed by atoms with Gasteiger partial charge < -0.3 is 20.5 Å². The maximum atomic E-state index is 12.3. The molecule has 0 aliphatic heterocycles. The van der Waals surface area contributed by atoms with Crippen LogP contribution in [-0.4, -0.2) is 21.5 Å². The van der Waals surface area contributed by atoms with Gasteiger partial charge in [0.15, 0.2) is 0 Å². The van der Waals surface area contributed by atoms with E-state index in [0.29, 0.717) is 17.9 Å². The van der Waals surface area contributed by atoms with Gasteiger partial charge in [0.25, 0.3) is 0 Å². The van der Waals surface area contributed by atoms with Crippen molar-refractivity contribution in [1.82, 2.24) is 14.9 Å². The molecule has 3 amide bonds. The number of benzene rings is 2. The molecule has 0 aliphatic rings. The fourth-order valence-electron chi connectivity index (χ4n) is 2.99. The SMILES string of the molecule is CC(=O)Nc1cc(NC(=O)NCc2cccc(Cn3ccnc3C)c2)ccc1C. The second-order valence-corrected chi connectivity index (χ2v) is 6.94. The van der Waals surface area contributed by atoms with Crippen molar-refractivity contribution in [2.75, 3.05) is 10.6 Å². The van der Waals surface area contributed by atoms with Crippen LogP contribution in [0.15, 0.2) is 54.9 Å². The molecule has 0 unspecified atom stereocenters. The van der Waals surface area contributed by atoms with Gasteiger partial charge in [0.1, 0.15) is 5.82 Å². The molecular weight excluding hydrogens is 366 g/mol. The molecule has 1 heterocycles. The fourth-order valence-corrected chi connectivity index (χ4v) is 2.99. The van der Waals surface area contributed by atoms with Crippen molar-refractivity contribution < 1.29 is 9.59 Å². The zero-order valence-electron chi connectivity index (χ0n) is 16.8. The fraction of sp³-hybridized carbons (Fsp3) is 0.227. The molecular formula is C22H25N5O2. The minimum absolute atomic E-state index is 0.152. The molecule has 3 rings (SSSR count). The first-order valence-corrected chi connectivity index (χ1v) is 9.39. The summed E-state index contributed by atoms with van der Waals surface area (Å²) in [6.45, 7) is 6.47. The standard InChI is InChI=1S/C22H25N5O2/c1-15-7-8-20(12-21(15)25-17(3)28)26-22(29)24-13-18-5-4-6-19(11-18)14-27-10-9-23-16(27)2/h4-12H,13-14H2,1-3H3,(H,25,28)(H2,24,26,29). The van der Waals surface area contributed by atoms with Crippen LogP contribution in [0, 0.1) is 13.8 Å². The third kappa shape index (κ3) is 5.68. The Morgan fingerprint density at radius 3 is 2.55 bits per heavy atom. The predicted octanol–water partition coefficient (Wildman–Crippen LogP) is 3.83. The van der Waals surface area contributed by atoms with E-state index >= 15 is 0 Å². The number of anilines is 2. The van der Waals surface area contributed by atoms with E-state index in [-0.39, 0.29) is 11.9 Å². The molecule has 0 bridgehead atoms. The Morgan fingerprint density at radius 1 is 1.03 bits per heavy atom. The monoisotopic (exact) mass is 391 g/mol. The Kier molecular flexibility index (Phi) is 6.29. The lowest BCUT2D eigenvalue weighted by Crippen LogP contribution is -2.28. The zero-order chi connectivity index (χ0) is 20.8. The van der Waals surface area contributed by atoms with Crippen molar-refractivity contribution in [3.63, 3.8) is 0 Å². The van der Waals surface area contributed by atoms with Gasteiger partial charge in [-0.15, -0.1) is 0 Å². The van der Waals surface area contributed by atoms with E-state index in [1.54, 1.807) is 18.3 Å². The van der Waals surface area contributed by atoms with Gasteiger partial charge in [-0.3, -0.25) is 4.79 Å². The van der Waals surface area contributed by atoms with E-state index in [0.717, 1.165) is 29.1 Å². The number of imidazole rings is 1. The molecule has 0 saturated carbocycles. The summed E-state index contributed by atoms with van der Waals surface area (Å²) in [5.41, 5.74) is 4.37. The molecule has 0 aliphatic carbocycles. The molecule has 0 fully saturated rings. The third-order valence-electron chi connectivity index (χ3n) is 4.53. The van der Waals surface area contributed by atoms with Gasteiger partial charge in [0.05, 0.1) is 0 Å². The quantitative estimate of drug-likeness (QED) is 0.597. The Hall–Kier alpha value is -3.61. The highest BCUT2D eigenvalue weighted by atomic mass is 16.2. The number of amides is 3. The number of aromatic nitrogens is 2. The lowest BCUT2D eigenvalue weighted by atomic mass is 10.1. The predicted molar refractivity (Wildman–Crippen MR) is 114 cm³/mol. The molecule has 2 aromatic carbocycles. The summed E-state index contributed by atoms with van der Waals surface area (Å²) in [4.78, 5) is 27.8. The van der Waals surface area contributed by atoms with Crippen LogP contribution in [0.25, 0.3) is 0 Å². The van der Waals surface area contributed by atoms with E-state index in [9.17, 15) is 9.59 Å². The van der Waals surface area contributed by atoms with Crippen molar-refractivity contribution in [2.45, 2.75) is 33.9 Å². The highest BCUT2D eigenvalue weighted by Gasteiger charge is 2.06. The molecule has 3 aromatic rings. The van der Waals surface area contributed by atoms with Crippen LogP contribution in [0.2, 0.25) is 0 Å². The van der Waals surface area contributed by atoms with Gasteiger partial charge in [-0.1, -0.05) is 30.3 Å². The van der Waals surface area contributed by atoms with Crippen LogP contribution in [0.4, 0.5) is 16.2 Å². The first kappa shape index (κ1) is 20.1. The van der Waals surface area contributed by atoms with E-state index in [1.807, 2.05) is 38.2 Å². The summed E-state index contributed by atoms with van der Waals surface area (Å²) in [6.07, 6.45) is 3.73. The van der Waals surface area contributed by atoms with Crippen molar-refractivity contribution in [2.24, 2.45) is 0 Å². The molecule has 0 atom stereocenters. The molecule has 0 saturated heterocycles. The summed E-state index contributed by atoms with van der Waals surface area (Å²) >= 11 is 0. The average molecular weight is 391 g/mol. The Labute approximate surface area is 170 Å². The number of carbonyl (C=O) groups is 2. The lowest BCUT2D eigenvalue weighted by molar-refractivity contribution is -0.114. The number of hydrogen-bond donors (Lipinski definition) is 3. The zero-order valence-corrected chi connectivity index (χ0v) is 16.8. The second-order valence-electron chi connectivity index (χ2n) is 6.94. The van der Waals surface area contributed by atoms with Crippen molar-refractivity contribution in [3.05, 3.63) is 77.4 Å². The van der Waals surface area contributed by atoms with Crippen LogP contribution in [0.3, 0.4) is 0 Å². The summed E-state index contributed by atoms with van der Waals surface area (Å²) in [5.74, 6) is 0.810. The summed E-state index contributed by atoms with van der Waals surface area (Å²) in [6, 6.07) is 13.2. The number of nitrogens with one attached hydrogen (secondary N) is 3. The molecule has 3 N–H and O–H groups in total. The summed E-state index contributed by atoms with van der Waals surface area (Å²) in [5, 5.41) is 8.42. The van der Waals surface area contributed by atoms with Crippen molar-refractivity contribution in [1.29, 1.82) is 0 Å². The number of carbonyl (C=O) groups excluding carboxylic acids is 2. The van der Waals surface area contributed by atoms with Gasteiger partial charge in [-0.2, -0.15) is 0 Å². The number of aryl methyl sites for hydroxylation is 2. The third-order valence-corrected chi connectivity index (χ3v) is 4.53. The average Bonchev–Trinajstić information content (AvgIpc) is 3.07. The van der Waals surface area contributed by atoms with Crippen LogP contribution in [-0.2, 0) is 17.9 Å². The van der Waals surface area contributed by atoms with Gasteiger partial charge in [0, 0.05) is 43.8 Å². The Balaban J connectivity index is 1.58. The first-order valence-electron chi connectivity index (χ1n) is 9.39. The van der Waals surface area contributed by atoms with Gasteiger partial charge in [-0.05, 0) is 42.7 Å². The van der Waals surface area contributed by atoms with Gasteiger partial charge >= 0.3 is 6.03 Å². The molecule has 1 aromatic heterocycles. The van der Waals surface area contributed by atoms with Gasteiger partial charge in [0.2, 0.25) is 5.91 Å². The number of rotatable bonds is 6. The second kappa shape index (κ2) is 9.05. The van der Waals surface area contributed by atoms with Crippen LogP contribution in [0.5, 0.6) is 0 Å². The van der Waals surface area contributed by atoms with Crippen molar-refractivity contribution >= 4 is 23.3 Å². The highest BCUT2D eigenvalue weighted by molar-refractivity contribution is 5.93. The molecule has 0 spiro atoms. The normalized spacial score (nSPS) is 10.4. The van der Waals surface area contributed by atoms with E-state index < -0.39 is 0 Å². The minimum atomic E-state index is -0.307. The Bertz CT molecular complexity index is 1030. The van der Waals surface area contributed by atoms with Crippen LogP contribution in [0.1, 0.15) is 29.4 Å². The maximum Gasteiger partial charge on any atom is 0.319 e. The minimum Gasteiger partial charge on any atom is -0.334 e. The molecule has 150 valence electrons. The largest absolute Gasteiger partial charge is 0.334 e. The topological polar surface area (TPSA) is 88.0 Å². The van der Waals surface area contributed by atoms with E-state index in [2.05, 4.69) is 37.6 Å². The summed E-state index contributed by atoms with van der Waals surface area (Å²) < 4.78 is 2.07. The molecule has 7 heteroatoms.